The van der Waals surface area contributed by atoms with Crippen molar-refractivity contribution in [3.63, 3.8) is 0 Å². The predicted octanol–water partition coefficient (Wildman–Crippen LogP) is 3.80. The Morgan fingerprint density at radius 1 is 0.857 bits per heavy atom. The van der Waals surface area contributed by atoms with Crippen LogP contribution in [0.3, 0.4) is 0 Å². The topological polar surface area (TPSA) is 62.3 Å². The zero-order valence-corrected chi connectivity index (χ0v) is 20.3. The third kappa shape index (κ3) is 4.37. The van der Waals surface area contributed by atoms with Crippen molar-refractivity contribution in [2.24, 2.45) is 0 Å². The molecule has 0 bridgehead atoms. The summed E-state index contributed by atoms with van der Waals surface area (Å²) in [5.74, 6) is 0.508. The highest BCUT2D eigenvalue weighted by Crippen LogP contribution is 2.33. The number of hydrogen-bond donors (Lipinski definition) is 0. The number of amides is 2. The van der Waals surface area contributed by atoms with Gasteiger partial charge in [0.15, 0.2) is 0 Å². The van der Waals surface area contributed by atoms with Gasteiger partial charge in [0, 0.05) is 58.5 Å². The fourth-order valence-corrected chi connectivity index (χ4v) is 5.19. The summed E-state index contributed by atoms with van der Waals surface area (Å²) in [6, 6.07) is 18.2. The Hall–Kier alpha value is -3.42. The van der Waals surface area contributed by atoms with Crippen LogP contribution in [-0.2, 0) is 11.3 Å². The van der Waals surface area contributed by atoms with E-state index in [4.69, 9.17) is 9.47 Å². The maximum Gasteiger partial charge on any atom is 0.263 e. The number of methoxy groups -OCH3 is 2. The number of carbonyl (C=O) groups is 2. The van der Waals surface area contributed by atoms with Gasteiger partial charge >= 0.3 is 0 Å². The fraction of sp³-hybridized carbons (Fsp3) is 0.357. The smallest absolute Gasteiger partial charge is 0.263 e. The number of nitrogens with zero attached hydrogens (tertiary/aromatic N) is 3. The molecule has 5 rings (SSSR count). The minimum atomic E-state index is -0.204. The Balaban J connectivity index is 1.31. The maximum atomic E-state index is 13.2. The van der Waals surface area contributed by atoms with Crippen LogP contribution >= 0.6 is 0 Å². The van der Waals surface area contributed by atoms with Crippen LogP contribution in [0.2, 0.25) is 0 Å². The van der Waals surface area contributed by atoms with Gasteiger partial charge in [0.25, 0.3) is 11.8 Å². The van der Waals surface area contributed by atoms with Gasteiger partial charge in [-0.25, -0.2) is 0 Å². The Morgan fingerprint density at radius 3 is 2.43 bits per heavy atom. The van der Waals surface area contributed by atoms with Crippen LogP contribution in [0.4, 0.5) is 5.69 Å². The minimum absolute atomic E-state index is 0.195. The van der Waals surface area contributed by atoms with E-state index in [0.717, 1.165) is 44.2 Å². The monoisotopic (exact) mass is 473 g/mol. The molecular formula is C28H31N3O4. The normalized spacial score (nSPS) is 16.3. The molecule has 1 fully saturated rings. The van der Waals surface area contributed by atoms with Crippen molar-refractivity contribution in [1.29, 1.82) is 0 Å². The van der Waals surface area contributed by atoms with E-state index >= 15 is 0 Å². The molecular weight excluding hydrogens is 442 g/mol. The first-order chi connectivity index (χ1) is 17.1. The number of benzene rings is 3. The number of fused-ring (bicyclic) bond motifs is 2. The molecule has 2 amide bonds. The number of piperazine rings is 1. The second kappa shape index (κ2) is 10.1. The van der Waals surface area contributed by atoms with Crippen molar-refractivity contribution in [3.05, 3.63) is 71.3 Å². The number of hydrogen-bond acceptors (Lipinski definition) is 6. The average molecular weight is 474 g/mol. The fourth-order valence-electron chi connectivity index (χ4n) is 5.19. The first-order valence-electron chi connectivity index (χ1n) is 12.1. The molecule has 2 aliphatic heterocycles. The van der Waals surface area contributed by atoms with Crippen LogP contribution in [0.25, 0.3) is 10.8 Å². The van der Waals surface area contributed by atoms with Gasteiger partial charge < -0.3 is 14.4 Å². The third-order valence-corrected chi connectivity index (χ3v) is 7.02. The molecule has 2 heterocycles. The summed E-state index contributed by atoms with van der Waals surface area (Å²) in [6.07, 6.45) is 0.633. The highest BCUT2D eigenvalue weighted by Gasteiger charge is 2.38. The molecule has 1 saturated heterocycles. The summed E-state index contributed by atoms with van der Waals surface area (Å²) in [7, 11) is 3.34. The number of ether oxygens (including phenoxy) is 2. The molecule has 0 radical (unpaired) electrons. The van der Waals surface area contributed by atoms with Crippen LogP contribution in [0.15, 0.2) is 54.6 Å². The minimum Gasteiger partial charge on any atom is -0.496 e. The zero-order chi connectivity index (χ0) is 24.4. The molecule has 0 aliphatic carbocycles. The van der Waals surface area contributed by atoms with Crippen LogP contribution in [0.1, 0.15) is 32.7 Å². The van der Waals surface area contributed by atoms with Gasteiger partial charge in [-0.15, -0.1) is 0 Å². The Labute approximate surface area is 205 Å². The van der Waals surface area contributed by atoms with Crippen molar-refractivity contribution in [2.75, 3.05) is 58.5 Å². The van der Waals surface area contributed by atoms with Crippen LogP contribution in [0, 0.1) is 0 Å². The quantitative estimate of drug-likeness (QED) is 0.366. The highest BCUT2D eigenvalue weighted by molar-refractivity contribution is 6.23. The molecule has 0 atom stereocenters. The Bertz CT molecular complexity index is 1250. The SMILES string of the molecule is COCCCN1C(=O)c2cccc(N3CCN(Cc4c(OC)ccc5ccccc45)CC3)c2C1=O. The lowest BCUT2D eigenvalue weighted by atomic mass is 10.0. The molecule has 0 unspecified atom stereocenters. The number of anilines is 1. The molecule has 7 heteroatoms. The van der Waals surface area contributed by atoms with Crippen molar-refractivity contribution in [2.45, 2.75) is 13.0 Å². The van der Waals surface area contributed by atoms with Crippen molar-refractivity contribution < 1.29 is 19.1 Å². The molecule has 2 aliphatic rings. The largest absolute Gasteiger partial charge is 0.496 e. The zero-order valence-electron chi connectivity index (χ0n) is 20.3. The van der Waals surface area contributed by atoms with Crippen LogP contribution in [0.5, 0.6) is 5.75 Å². The molecule has 35 heavy (non-hydrogen) atoms. The molecule has 0 saturated carbocycles. The maximum absolute atomic E-state index is 13.2. The summed E-state index contributed by atoms with van der Waals surface area (Å²) in [5.41, 5.74) is 3.11. The van der Waals surface area contributed by atoms with Gasteiger partial charge in [-0.05, 0) is 35.4 Å². The number of rotatable bonds is 8. The summed E-state index contributed by atoms with van der Waals surface area (Å²) in [6.45, 7) is 4.98. The molecule has 7 nitrogen and oxygen atoms in total. The number of carbonyl (C=O) groups excluding carboxylic acids is 2. The predicted molar refractivity (Wildman–Crippen MR) is 136 cm³/mol. The first-order valence-corrected chi connectivity index (χ1v) is 12.1. The van der Waals surface area contributed by atoms with Crippen molar-refractivity contribution in [3.8, 4) is 5.75 Å². The van der Waals surface area contributed by atoms with Crippen molar-refractivity contribution in [1.82, 2.24) is 9.80 Å². The second-order valence-corrected chi connectivity index (χ2v) is 9.04. The highest BCUT2D eigenvalue weighted by atomic mass is 16.5. The van der Waals surface area contributed by atoms with E-state index in [1.54, 1.807) is 20.3 Å². The Morgan fingerprint density at radius 2 is 1.66 bits per heavy atom. The van der Waals surface area contributed by atoms with E-state index in [-0.39, 0.29) is 11.8 Å². The Kier molecular flexibility index (Phi) is 6.70. The van der Waals surface area contributed by atoms with E-state index in [0.29, 0.717) is 30.7 Å². The molecule has 0 spiro atoms. The summed E-state index contributed by atoms with van der Waals surface area (Å²) < 4.78 is 10.8. The lowest BCUT2D eigenvalue weighted by Gasteiger charge is -2.37. The van der Waals surface area contributed by atoms with Gasteiger partial charge in [-0.2, -0.15) is 0 Å². The summed E-state index contributed by atoms with van der Waals surface area (Å²) >= 11 is 0. The van der Waals surface area contributed by atoms with Gasteiger partial charge in [-0.3, -0.25) is 19.4 Å². The lowest BCUT2D eigenvalue weighted by molar-refractivity contribution is 0.0639. The van der Waals surface area contributed by atoms with Gasteiger partial charge in [0.2, 0.25) is 0 Å². The second-order valence-electron chi connectivity index (χ2n) is 9.04. The number of imide groups is 1. The van der Waals surface area contributed by atoms with Gasteiger partial charge in [-0.1, -0.05) is 36.4 Å². The van der Waals surface area contributed by atoms with E-state index in [9.17, 15) is 9.59 Å². The van der Waals surface area contributed by atoms with E-state index in [1.807, 2.05) is 18.2 Å². The molecule has 3 aromatic carbocycles. The summed E-state index contributed by atoms with van der Waals surface area (Å²) in [5, 5.41) is 2.42. The van der Waals surface area contributed by atoms with Gasteiger partial charge in [0.1, 0.15) is 5.75 Å². The van der Waals surface area contributed by atoms with E-state index in [1.165, 1.54) is 21.2 Å². The van der Waals surface area contributed by atoms with E-state index < -0.39 is 0 Å². The molecule has 3 aromatic rings. The van der Waals surface area contributed by atoms with E-state index in [2.05, 4.69) is 40.1 Å². The van der Waals surface area contributed by atoms with Crippen LogP contribution in [-0.4, -0.2) is 75.2 Å². The standard InChI is InChI=1S/C28H31N3O4/c1-34-18-6-13-31-27(32)22-9-5-10-24(26(22)28(31)33)30-16-14-29(15-17-30)19-23-21-8-4-3-7-20(21)11-12-25(23)35-2/h3-5,7-12H,6,13-19H2,1-2H3. The average Bonchev–Trinajstić information content (AvgIpc) is 3.14. The first kappa shape index (κ1) is 23.3. The molecule has 182 valence electrons. The van der Waals surface area contributed by atoms with Crippen LogP contribution < -0.4 is 9.64 Å². The lowest BCUT2D eigenvalue weighted by Crippen LogP contribution is -2.46. The summed E-state index contributed by atoms with van der Waals surface area (Å²) in [4.78, 5) is 32.1. The molecule has 0 aromatic heterocycles. The van der Waals surface area contributed by atoms with Gasteiger partial charge in [0.05, 0.1) is 23.9 Å². The third-order valence-electron chi connectivity index (χ3n) is 7.02. The molecule has 0 N–H and O–H groups in total. The van der Waals surface area contributed by atoms with Crippen molar-refractivity contribution >= 4 is 28.3 Å².